The van der Waals surface area contributed by atoms with E-state index in [9.17, 15) is 9.59 Å². The Morgan fingerprint density at radius 3 is 2.48 bits per heavy atom. The summed E-state index contributed by atoms with van der Waals surface area (Å²) in [5.74, 6) is 1.24. The lowest BCUT2D eigenvalue weighted by Gasteiger charge is -2.33. The summed E-state index contributed by atoms with van der Waals surface area (Å²) in [6.07, 6.45) is 7.17. The first-order valence-electron chi connectivity index (χ1n) is 9.27. The molecule has 0 unspecified atom stereocenters. The van der Waals surface area contributed by atoms with Gasteiger partial charge in [0, 0.05) is 30.8 Å². The fourth-order valence-electron chi connectivity index (χ4n) is 3.23. The van der Waals surface area contributed by atoms with Crippen LogP contribution in [0.2, 0.25) is 0 Å². The van der Waals surface area contributed by atoms with E-state index in [1.165, 1.54) is 6.08 Å². The van der Waals surface area contributed by atoms with E-state index in [1.54, 1.807) is 50.4 Å². The molecule has 0 aromatic heterocycles. The van der Waals surface area contributed by atoms with Gasteiger partial charge in [-0.3, -0.25) is 4.79 Å². The van der Waals surface area contributed by atoms with Crippen LogP contribution >= 0.6 is 0 Å². The summed E-state index contributed by atoms with van der Waals surface area (Å²) in [5.41, 5.74) is 0.718. The minimum Gasteiger partial charge on any atom is -0.497 e. The van der Waals surface area contributed by atoms with Crippen LogP contribution in [-0.4, -0.2) is 50.7 Å². The van der Waals surface area contributed by atoms with Crippen LogP contribution < -0.4 is 9.47 Å². The second-order valence-electron chi connectivity index (χ2n) is 6.97. The Bertz CT molecular complexity index is 677. The van der Waals surface area contributed by atoms with E-state index in [-0.39, 0.29) is 18.6 Å². The fraction of sp³-hybridized carbons (Fsp3) is 0.524. The van der Waals surface area contributed by atoms with Crippen molar-refractivity contribution in [2.45, 2.75) is 38.6 Å². The molecular weight excluding hydrogens is 346 g/mol. The molecule has 27 heavy (non-hydrogen) atoms. The van der Waals surface area contributed by atoms with Crippen molar-refractivity contribution in [1.82, 2.24) is 4.90 Å². The van der Waals surface area contributed by atoms with Crippen LogP contribution in [0.15, 0.2) is 24.3 Å². The van der Waals surface area contributed by atoms with Crippen LogP contribution in [-0.2, 0) is 14.3 Å². The molecule has 1 amide bonds. The van der Waals surface area contributed by atoms with Crippen LogP contribution in [0.5, 0.6) is 11.5 Å². The minimum absolute atomic E-state index is 0.168. The molecule has 0 heterocycles. The average Bonchev–Trinajstić information content (AvgIpc) is 2.70. The average molecular weight is 375 g/mol. The van der Waals surface area contributed by atoms with Crippen molar-refractivity contribution in [2.75, 3.05) is 27.9 Å². The van der Waals surface area contributed by atoms with Crippen molar-refractivity contribution in [3.63, 3.8) is 0 Å². The van der Waals surface area contributed by atoms with Gasteiger partial charge in [-0.25, -0.2) is 4.79 Å². The van der Waals surface area contributed by atoms with Gasteiger partial charge in [-0.05, 0) is 49.8 Å². The topological polar surface area (TPSA) is 65.1 Å². The maximum Gasteiger partial charge on any atom is 0.331 e. The molecule has 1 aliphatic carbocycles. The summed E-state index contributed by atoms with van der Waals surface area (Å²) in [6.45, 7) is 2.00. The predicted octanol–water partition coefficient (Wildman–Crippen LogP) is 3.30. The van der Waals surface area contributed by atoms with Gasteiger partial charge in [-0.2, -0.15) is 0 Å². The quantitative estimate of drug-likeness (QED) is 0.540. The lowest BCUT2D eigenvalue weighted by molar-refractivity contribution is -0.148. The molecule has 0 N–H and O–H groups in total. The highest BCUT2D eigenvalue weighted by Crippen LogP contribution is 2.27. The van der Waals surface area contributed by atoms with E-state index in [0.29, 0.717) is 11.5 Å². The van der Waals surface area contributed by atoms with Crippen molar-refractivity contribution in [3.05, 3.63) is 29.8 Å². The van der Waals surface area contributed by atoms with Crippen molar-refractivity contribution in [3.8, 4) is 11.5 Å². The standard InChI is InChI=1S/C21H29NO5/c1-15-5-9-17(10-6-15)22(2)20(23)14-27-21(24)12-8-16-7-11-18(25-3)13-19(16)26-4/h7-8,11-13,15,17H,5-6,9-10,14H2,1-4H3/b12-8+. The predicted molar refractivity (Wildman–Crippen MR) is 104 cm³/mol. The molecule has 0 radical (unpaired) electrons. The van der Waals surface area contributed by atoms with E-state index in [2.05, 4.69) is 6.92 Å². The summed E-state index contributed by atoms with van der Waals surface area (Å²) < 4.78 is 15.5. The first-order valence-corrected chi connectivity index (χ1v) is 9.27. The maximum atomic E-state index is 12.3. The van der Waals surface area contributed by atoms with Gasteiger partial charge in [0.1, 0.15) is 11.5 Å². The SMILES string of the molecule is COc1ccc(/C=C/C(=O)OCC(=O)N(C)C2CCC(C)CC2)c(OC)c1. The van der Waals surface area contributed by atoms with Gasteiger partial charge in [0.05, 0.1) is 14.2 Å². The molecular formula is C21H29NO5. The Balaban J connectivity index is 1.85. The molecule has 0 spiro atoms. The highest BCUT2D eigenvalue weighted by Gasteiger charge is 2.25. The number of rotatable bonds is 7. The molecule has 1 fully saturated rings. The third kappa shape index (κ3) is 6.01. The highest BCUT2D eigenvalue weighted by molar-refractivity contribution is 5.89. The third-order valence-corrected chi connectivity index (χ3v) is 5.10. The monoisotopic (exact) mass is 375 g/mol. The number of methoxy groups -OCH3 is 2. The molecule has 6 nitrogen and oxygen atoms in total. The number of likely N-dealkylation sites (N-methyl/N-ethyl adjacent to an activating group) is 1. The van der Waals surface area contributed by atoms with Crippen LogP contribution in [0.3, 0.4) is 0 Å². The van der Waals surface area contributed by atoms with Gasteiger partial charge >= 0.3 is 5.97 Å². The van der Waals surface area contributed by atoms with Crippen molar-refractivity contribution in [2.24, 2.45) is 5.92 Å². The van der Waals surface area contributed by atoms with Crippen LogP contribution in [0, 0.1) is 5.92 Å². The molecule has 0 atom stereocenters. The van der Waals surface area contributed by atoms with Crippen molar-refractivity contribution in [1.29, 1.82) is 0 Å². The van der Waals surface area contributed by atoms with Gasteiger partial charge < -0.3 is 19.1 Å². The third-order valence-electron chi connectivity index (χ3n) is 5.10. The number of hydrogen-bond acceptors (Lipinski definition) is 5. The fourth-order valence-corrected chi connectivity index (χ4v) is 3.23. The summed E-state index contributed by atoms with van der Waals surface area (Å²) in [5, 5.41) is 0. The lowest BCUT2D eigenvalue weighted by atomic mass is 9.87. The molecule has 6 heteroatoms. The minimum atomic E-state index is -0.563. The van der Waals surface area contributed by atoms with Crippen LogP contribution in [0.25, 0.3) is 6.08 Å². The maximum absolute atomic E-state index is 12.3. The Morgan fingerprint density at radius 2 is 1.85 bits per heavy atom. The second-order valence-corrected chi connectivity index (χ2v) is 6.97. The Hall–Kier alpha value is -2.50. The molecule has 2 rings (SSSR count). The van der Waals surface area contributed by atoms with Crippen LogP contribution in [0.1, 0.15) is 38.2 Å². The summed E-state index contributed by atoms with van der Waals surface area (Å²) in [4.78, 5) is 25.9. The zero-order valence-corrected chi connectivity index (χ0v) is 16.6. The molecule has 1 aromatic carbocycles. The number of carbonyl (C=O) groups is 2. The molecule has 0 saturated heterocycles. The van der Waals surface area contributed by atoms with Gasteiger partial charge in [0.15, 0.2) is 6.61 Å². The van der Waals surface area contributed by atoms with E-state index < -0.39 is 5.97 Å². The number of carbonyl (C=O) groups excluding carboxylic acids is 2. The number of hydrogen-bond donors (Lipinski definition) is 0. The first kappa shape index (κ1) is 20.8. The Labute approximate surface area is 161 Å². The Kier molecular flexibility index (Phi) is 7.70. The summed E-state index contributed by atoms with van der Waals surface area (Å²) in [6, 6.07) is 5.53. The smallest absolute Gasteiger partial charge is 0.331 e. The molecule has 0 bridgehead atoms. The zero-order valence-electron chi connectivity index (χ0n) is 16.6. The Morgan fingerprint density at radius 1 is 1.15 bits per heavy atom. The van der Waals surface area contributed by atoms with E-state index in [1.807, 2.05) is 0 Å². The van der Waals surface area contributed by atoms with Gasteiger partial charge in [0.2, 0.25) is 0 Å². The molecule has 1 aliphatic rings. The summed E-state index contributed by atoms with van der Waals surface area (Å²) in [7, 11) is 4.91. The lowest BCUT2D eigenvalue weighted by Crippen LogP contribution is -2.41. The van der Waals surface area contributed by atoms with Gasteiger partial charge in [-0.1, -0.05) is 6.92 Å². The van der Waals surface area contributed by atoms with E-state index in [0.717, 1.165) is 37.2 Å². The normalized spacial score (nSPS) is 19.6. The highest BCUT2D eigenvalue weighted by atomic mass is 16.5. The van der Waals surface area contributed by atoms with E-state index >= 15 is 0 Å². The molecule has 1 aromatic rings. The number of esters is 1. The summed E-state index contributed by atoms with van der Waals surface area (Å²) >= 11 is 0. The number of amides is 1. The van der Waals surface area contributed by atoms with E-state index in [4.69, 9.17) is 14.2 Å². The van der Waals surface area contributed by atoms with Crippen molar-refractivity contribution < 1.29 is 23.8 Å². The second kappa shape index (κ2) is 10.00. The number of nitrogens with zero attached hydrogens (tertiary/aromatic N) is 1. The zero-order chi connectivity index (χ0) is 19.8. The number of ether oxygens (including phenoxy) is 3. The molecule has 1 saturated carbocycles. The molecule has 148 valence electrons. The molecule has 0 aliphatic heterocycles. The van der Waals surface area contributed by atoms with Gasteiger partial charge in [0.25, 0.3) is 5.91 Å². The van der Waals surface area contributed by atoms with Gasteiger partial charge in [-0.15, -0.1) is 0 Å². The van der Waals surface area contributed by atoms with Crippen molar-refractivity contribution >= 4 is 18.0 Å². The van der Waals surface area contributed by atoms with Crippen LogP contribution in [0.4, 0.5) is 0 Å². The first-order chi connectivity index (χ1) is 12.9. The largest absolute Gasteiger partial charge is 0.497 e. The number of benzene rings is 1.